The molecule has 3 rings (SSSR count). The molecule has 0 heterocycles. The Morgan fingerprint density at radius 1 is 1.22 bits per heavy atom. The largest absolute Gasteiger partial charge is 0.350 e. The topological polar surface area (TPSA) is 58.4 Å². The summed E-state index contributed by atoms with van der Waals surface area (Å²) in [5, 5.41) is 3.21. The Hall–Kier alpha value is -1.39. The van der Waals surface area contributed by atoms with Gasteiger partial charge >= 0.3 is 0 Å². The van der Waals surface area contributed by atoms with E-state index in [4.69, 9.17) is 5.73 Å². The molecule has 1 aromatic rings. The van der Waals surface area contributed by atoms with Gasteiger partial charge in [-0.15, -0.1) is 0 Å². The zero-order chi connectivity index (χ0) is 16.2. The van der Waals surface area contributed by atoms with E-state index in [0.29, 0.717) is 12.1 Å². The van der Waals surface area contributed by atoms with Gasteiger partial charge in [-0.1, -0.05) is 43.2 Å². The molecule has 0 aromatic heterocycles. The van der Waals surface area contributed by atoms with E-state index in [-0.39, 0.29) is 11.9 Å². The summed E-state index contributed by atoms with van der Waals surface area (Å²) >= 11 is 0. The van der Waals surface area contributed by atoms with Crippen LogP contribution in [0.5, 0.6) is 0 Å². The molecule has 2 aliphatic carbocycles. The first kappa shape index (κ1) is 16.5. The van der Waals surface area contributed by atoms with Crippen LogP contribution in [-0.2, 0) is 11.3 Å². The first-order valence-corrected chi connectivity index (χ1v) is 9.01. The Labute approximate surface area is 139 Å². The van der Waals surface area contributed by atoms with Gasteiger partial charge in [-0.3, -0.25) is 9.69 Å². The highest BCUT2D eigenvalue weighted by atomic mass is 16.2. The van der Waals surface area contributed by atoms with Crippen molar-refractivity contribution in [3.63, 3.8) is 0 Å². The van der Waals surface area contributed by atoms with Crippen molar-refractivity contribution in [3.8, 4) is 0 Å². The molecule has 0 aliphatic heterocycles. The lowest BCUT2D eigenvalue weighted by molar-refractivity contribution is -0.123. The van der Waals surface area contributed by atoms with Gasteiger partial charge in [0.2, 0.25) is 5.91 Å². The van der Waals surface area contributed by atoms with Crippen LogP contribution >= 0.6 is 0 Å². The summed E-state index contributed by atoms with van der Waals surface area (Å²) in [5.74, 6) is -0.0163. The molecular weight excluding hydrogens is 286 g/mol. The van der Waals surface area contributed by atoms with E-state index in [2.05, 4.69) is 40.5 Å². The Bertz CT molecular complexity index is 513. The molecule has 2 fully saturated rings. The number of nitrogens with two attached hydrogens (primary N) is 1. The van der Waals surface area contributed by atoms with Crippen molar-refractivity contribution in [2.45, 2.75) is 76.2 Å². The predicted molar refractivity (Wildman–Crippen MR) is 92.8 cm³/mol. The third kappa shape index (κ3) is 4.33. The zero-order valence-corrected chi connectivity index (χ0v) is 14.1. The summed E-state index contributed by atoms with van der Waals surface area (Å²) in [6, 6.07) is 11.6. The molecule has 0 radical (unpaired) electrons. The lowest BCUT2D eigenvalue weighted by atomic mass is 9.88. The SMILES string of the molecule is C[C@H](N)C(=O)NC1CCCCC1N(Cc1ccccc1)C1CC1. The molecule has 1 aromatic carbocycles. The molecule has 2 aliphatic rings. The average Bonchev–Trinajstić information content (AvgIpc) is 3.39. The fourth-order valence-electron chi connectivity index (χ4n) is 3.71. The van der Waals surface area contributed by atoms with Gasteiger partial charge in [0.05, 0.1) is 6.04 Å². The molecule has 3 N–H and O–H groups in total. The minimum absolute atomic E-state index is 0.0163. The van der Waals surface area contributed by atoms with E-state index >= 15 is 0 Å². The number of hydrogen-bond acceptors (Lipinski definition) is 3. The minimum atomic E-state index is -0.430. The van der Waals surface area contributed by atoms with Crippen LogP contribution in [0.15, 0.2) is 30.3 Å². The highest BCUT2D eigenvalue weighted by Crippen LogP contribution is 2.35. The maximum atomic E-state index is 12.1. The first-order valence-electron chi connectivity index (χ1n) is 9.01. The molecule has 3 atom stereocenters. The summed E-state index contributed by atoms with van der Waals surface area (Å²) in [5.41, 5.74) is 7.11. The molecule has 0 saturated heterocycles. The smallest absolute Gasteiger partial charge is 0.236 e. The fraction of sp³-hybridized carbons (Fsp3) is 0.632. The highest BCUT2D eigenvalue weighted by molar-refractivity contribution is 5.81. The molecule has 126 valence electrons. The van der Waals surface area contributed by atoms with E-state index < -0.39 is 6.04 Å². The molecule has 2 saturated carbocycles. The second-order valence-electron chi connectivity index (χ2n) is 7.14. The number of nitrogens with one attached hydrogen (secondary N) is 1. The van der Waals surface area contributed by atoms with E-state index in [1.54, 1.807) is 6.92 Å². The lowest BCUT2D eigenvalue weighted by Gasteiger charge is -2.41. The van der Waals surface area contributed by atoms with E-state index in [1.807, 2.05) is 0 Å². The van der Waals surface area contributed by atoms with Gasteiger partial charge in [-0.2, -0.15) is 0 Å². The number of carbonyl (C=O) groups is 1. The molecule has 0 bridgehead atoms. The third-order valence-electron chi connectivity index (χ3n) is 5.12. The summed E-state index contributed by atoms with van der Waals surface area (Å²) in [6.07, 6.45) is 7.28. The van der Waals surface area contributed by atoms with Crippen molar-refractivity contribution in [1.82, 2.24) is 10.2 Å². The van der Waals surface area contributed by atoms with Crippen LogP contribution in [0.3, 0.4) is 0 Å². The van der Waals surface area contributed by atoms with Crippen molar-refractivity contribution in [2.24, 2.45) is 5.73 Å². The minimum Gasteiger partial charge on any atom is -0.350 e. The molecular formula is C19H29N3O. The number of nitrogens with zero attached hydrogens (tertiary/aromatic N) is 1. The molecule has 4 heteroatoms. The van der Waals surface area contributed by atoms with Gasteiger partial charge in [0.15, 0.2) is 0 Å². The quantitative estimate of drug-likeness (QED) is 0.847. The summed E-state index contributed by atoms with van der Waals surface area (Å²) in [7, 11) is 0. The molecule has 23 heavy (non-hydrogen) atoms. The van der Waals surface area contributed by atoms with Crippen molar-refractivity contribution >= 4 is 5.91 Å². The number of benzene rings is 1. The molecule has 0 spiro atoms. The first-order chi connectivity index (χ1) is 11.1. The molecule has 2 unspecified atom stereocenters. The molecule has 1 amide bonds. The predicted octanol–water partition coefficient (Wildman–Crippen LogP) is 2.43. The Morgan fingerprint density at radius 2 is 1.91 bits per heavy atom. The summed E-state index contributed by atoms with van der Waals surface area (Å²) in [4.78, 5) is 14.7. The van der Waals surface area contributed by atoms with E-state index in [0.717, 1.165) is 13.0 Å². The van der Waals surface area contributed by atoms with Crippen molar-refractivity contribution in [2.75, 3.05) is 0 Å². The second-order valence-corrected chi connectivity index (χ2v) is 7.14. The zero-order valence-electron chi connectivity index (χ0n) is 14.1. The van der Waals surface area contributed by atoms with Gasteiger partial charge < -0.3 is 11.1 Å². The monoisotopic (exact) mass is 315 g/mol. The van der Waals surface area contributed by atoms with Gasteiger partial charge in [0, 0.05) is 24.7 Å². The van der Waals surface area contributed by atoms with Crippen LogP contribution in [0.1, 0.15) is 51.0 Å². The van der Waals surface area contributed by atoms with Crippen LogP contribution in [-0.4, -0.2) is 35.0 Å². The van der Waals surface area contributed by atoms with Gasteiger partial charge in [0.25, 0.3) is 0 Å². The number of amides is 1. The Morgan fingerprint density at radius 3 is 2.57 bits per heavy atom. The van der Waals surface area contributed by atoms with Crippen molar-refractivity contribution in [3.05, 3.63) is 35.9 Å². The summed E-state index contributed by atoms with van der Waals surface area (Å²) < 4.78 is 0. The Kier molecular flexibility index (Phi) is 5.34. The Balaban J connectivity index is 1.72. The van der Waals surface area contributed by atoms with Crippen LogP contribution in [0, 0.1) is 0 Å². The summed E-state index contributed by atoms with van der Waals surface area (Å²) in [6.45, 7) is 2.75. The van der Waals surface area contributed by atoms with Gasteiger partial charge in [-0.05, 0) is 38.2 Å². The maximum Gasteiger partial charge on any atom is 0.236 e. The lowest BCUT2D eigenvalue weighted by Crippen LogP contribution is -2.56. The average molecular weight is 315 g/mol. The third-order valence-corrected chi connectivity index (χ3v) is 5.12. The van der Waals surface area contributed by atoms with Crippen LogP contribution in [0.25, 0.3) is 0 Å². The number of hydrogen-bond donors (Lipinski definition) is 2. The highest BCUT2D eigenvalue weighted by Gasteiger charge is 2.39. The van der Waals surface area contributed by atoms with Crippen molar-refractivity contribution < 1.29 is 4.79 Å². The standard InChI is InChI=1S/C19H29N3O/c1-14(20)19(23)21-17-9-5-6-10-18(17)22(16-11-12-16)13-15-7-3-2-4-8-15/h2-4,7-8,14,16-18H,5-6,9-13,20H2,1H3,(H,21,23)/t14-,17?,18?/m0/s1. The van der Waals surface area contributed by atoms with Crippen LogP contribution < -0.4 is 11.1 Å². The van der Waals surface area contributed by atoms with Crippen LogP contribution in [0.2, 0.25) is 0 Å². The molecule has 4 nitrogen and oxygen atoms in total. The normalized spacial score (nSPS) is 26.0. The number of rotatable bonds is 6. The van der Waals surface area contributed by atoms with Crippen molar-refractivity contribution in [1.29, 1.82) is 0 Å². The van der Waals surface area contributed by atoms with Gasteiger partial charge in [0.1, 0.15) is 0 Å². The van der Waals surface area contributed by atoms with Crippen LogP contribution in [0.4, 0.5) is 0 Å². The van der Waals surface area contributed by atoms with E-state index in [9.17, 15) is 4.79 Å². The van der Waals surface area contributed by atoms with E-state index in [1.165, 1.54) is 37.7 Å². The second kappa shape index (κ2) is 7.45. The number of carbonyl (C=O) groups excluding carboxylic acids is 1. The van der Waals surface area contributed by atoms with Gasteiger partial charge in [-0.25, -0.2) is 0 Å². The maximum absolute atomic E-state index is 12.1. The fourth-order valence-corrected chi connectivity index (χ4v) is 3.71.